The molecule has 13 heteroatoms. The first-order valence-electron chi connectivity index (χ1n) is 11.0. The molecule has 0 amide bonds. The zero-order valence-corrected chi connectivity index (χ0v) is 21.8. The summed E-state index contributed by atoms with van der Waals surface area (Å²) in [5, 5.41) is 9.54. The molecule has 0 aromatic carbocycles. The summed E-state index contributed by atoms with van der Waals surface area (Å²) in [4.78, 5) is 11.9. The van der Waals surface area contributed by atoms with Gasteiger partial charge in [-0.2, -0.15) is 22.0 Å². The van der Waals surface area contributed by atoms with E-state index in [1.807, 2.05) is 0 Å². The number of carboxylic acids is 1. The quantitative estimate of drug-likeness (QED) is 0.177. The zero-order chi connectivity index (χ0) is 31.3. The van der Waals surface area contributed by atoms with Crippen molar-refractivity contribution >= 4 is 5.97 Å². The van der Waals surface area contributed by atoms with Crippen LogP contribution in [0.2, 0.25) is 0 Å². The second kappa shape index (κ2) is 10.0. The van der Waals surface area contributed by atoms with Crippen molar-refractivity contribution in [2.75, 3.05) is 0 Å². The van der Waals surface area contributed by atoms with Gasteiger partial charge in [0.05, 0.1) is 0 Å². The summed E-state index contributed by atoms with van der Waals surface area (Å²) in [6, 6.07) is 0. The van der Waals surface area contributed by atoms with Gasteiger partial charge in [-0.15, -0.1) is 0 Å². The molecule has 0 saturated heterocycles. The molecule has 0 spiro atoms. The van der Waals surface area contributed by atoms with Gasteiger partial charge in [0, 0.05) is 0 Å². The summed E-state index contributed by atoms with van der Waals surface area (Å²) in [7, 11) is 0. The first-order valence-corrected chi connectivity index (χ1v) is 11.0. The highest BCUT2D eigenvalue weighted by molar-refractivity contribution is 5.85. The van der Waals surface area contributed by atoms with Crippen molar-refractivity contribution in [2.45, 2.75) is 100 Å². The van der Waals surface area contributed by atoms with Gasteiger partial charge >= 0.3 is 18.1 Å². The predicted octanol–water partition coefficient (Wildman–Crippen LogP) is 8.64. The van der Waals surface area contributed by atoms with E-state index in [9.17, 15) is 31.9 Å². The van der Waals surface area contributed by atoms with Crippen LogP contribution in [0.4, 0.5) is 48.3 Å². The number of aliphatic carboxylic acids is 1. The van der Waals surface area contributed by atoms with E-state index in [1.165, 1.54) is 0 Å². The van der Waals surface area contributed by atoms with Gasteiger partial charge in [-0.25, -0.2) is 31.1 Å². The van der Waals surface area contributed by atoms with Gasteiger partial charge in [0.2, 0.25) is 22.7 Å². The van der Waals surface area contributed by atoms with Gasteiger partial charge in [-0.05, 0) is 62.8 Å². The molecule has 0 aromatic rings. The van der Waals surface area contributed by atoms with E-state index in [-0.39, 0.29) is 6.92 Å². The van der Waals surface area contributed by atoms with Crippen molar-refractivity contribution in [2.24, 2.45) is 0 Å². The molecular weight excluding hydrogens is 541 g/mol. The Hall–Kier alpha value is -2.34. The number of rotatable bonds is 13. The number of hydrogen-bond donors (Lipinski definition) is 1. The third-order valence-electron chi connectivity index (χ3n) is 7.07. The third kappa shape index (κ3) is 3.84. The van der Waals surface area contributed by atoms with Gasteiger partial charge in [0.1, 0.15) is 0 Å². The Morgan fingerprint density at radius 2 is 0.895 bits per heavy atom. The molecule has 38 heavy (non-hydrogen) atoms. The summed E-state index contributed by atoms with van der Waals surface area (Å²) in [5.41, 5.74) is -37.9. The van der Waals surface area contributed by atoms with Crippen molar-refractivity contribution < 1.29 is 58.2 Å². The van der Waals surface area contributed by atoms with E-state index in [0.717, 1.165) is 0 Å². The molecule has 0 bridgehead atoms. The fraction of sp³-hybridized carbons (Fsp3) is 0.640. The minimum atomic E-state index is -6.88. The summed E-state index contributed by atoms with van der Waals surface area (Å²) in [6.45, 7) is 13.7. The molecule has 2 nitrogen and oxygen atoms in total. The summed E-state index contributed by atoms with van der Waals surface area (Å²) >= 11 is 0. The highest BCUT2D eigenvalue weighted by atomic mass is 19.4. The Labute approximate surface area is 214 Å². The maximum absolute atomic E-state index is 17.3. The monoisotopic (exact) mass is 572 g/mol. The van der Waals surface area contributed by atoms with Crippen LogP contribution in [-0.2, 0) is 4.79 Å². The number of hydrogen-bond acceptors (Lipinski definition) is 1. The fourth-order valence-corrected chi connectivity index (χ4v) is 4.95. The molecule has 1 N–H and O–H groups in total. The number of alkyl halides is 11. The lowest BCUT2D eigenvalue weighted by molar-refractivity contribution is -0.363. The van der Waals surface area contributed by atoms with Gasteiger partial charge < -0.3 is 5.11 Å². The third-order valence-corrected chi connectivity index (χ3v) is 7.07. The van der Waals surface area contributed by atoms with Crippen molar-refractivity contribution in [3.8, 4) is 0 Å². The fourth-order valence-electron chi connectivity index (χ4n) is 4.95. The van der Waals surface area contributed by atoms with E-state index in [4.69, 9.17) is 0 Å². The van der Waals surface area contributed by atoms with E-state index in [2.05, 4.69) is 26.3 Å². The Bertz CT molecular complexity index is 1010. The van der Waals surface area contributed by atoms with Crippen molar-refractivity contribution in [3.63, 3.8) is 0 Å². The number of halogens is 11. The maximum Gasteiger partial charge on any atom is 0.456 e. The Morgan fingerprint density at radius 3 is 1.08 bits per heavy atom. The Morgan fingerprint density at radius 1 is 0.579 bits per heavy atom. The Balaban J connectivity index is 8.66. The van der Waals surface area contributed by atoms with Crippen molar-refractivity contribution in [1.29, 1.82) is 0 Å². The molecule has 0 aromatic heterocycles. The molecule has 0 heterocycles. The van der Waals surface area contributed by atoms with Crippen LogP contribution in [0, 0.1) is 0 Å². The SMILES string of the molecule is C=C(C)C(F)(C(=O)O)C(F)(C(=C)C)C(F)(C(=C)C)C(F)(C(=C)C)C(F)(CC)C(F)(CC)C(F)(F)C(F)(F)F. The van der Waals surface area contributed by atoms with Crippen LogP contribution in [0.25, 0.3) is 0 Å². The average molecular weight is 572 g/mol. The minimum absolute atomic E-state index is 0.259. The van der Waals surface area contributed by atoms with Gasteiger partial charge in [-0.3, -0.25) is 0 Å². The van der Waals surface area contributed by atoms with Crippen LogP contribution < -0.4 is 0 Å². The zero-order valence-electron chi connectivity index (χ0n) is 21.8. The van der Waals surface area contributed by atoms with Gasteiger partial charge in [0.25, 0.3) is 5.67 Å². The summed E-state index contributed by atoms with van der Waals surface area (Å²) in [6.07, 6.45) is -11.1. The van der Waals surface area contributed by atoms with Crippen LogP contribution in [0.3, 0.4) is 0 Å². The number of carbonyl (C=O) groups is 1. The van der Waals surface area contributed by atoms with Crippen LogP contribution >= 0.6 is 0 Å². The molecule has 0 fully saturated rings. The molecule has 0 radical (unpaired) electrons. The first kappa shape index (κ1) is 35.7. The molecule has 0 aliphatic rings. The van der Waals surface area contributed by atoms with E-state index in [1.54, 1.807) is 0 Å². The minimum Gasteiger partial charge on any atom is -0.479 e. The second-order valence-corrected chi connectivity index (χ2v) is 9.44. The van der Waals surface area contributed by atoms with E-state index in [0.29, 0.717) is 34.6 Å². The van der Waals surface area contributed by atoms with Crippen molar-refractivity contribution in [3.05, 3.63) is 48.6 Å². The largest absolute Gasteiger partial charge is 0.479 e. The lowest BCUT2D eigenvalue weighted by atomic mass is 9.52. The smallest absolute Gasteiger partial charge is 0.456 e. The predicted molar refractivity (Wildman–Crippen MR) is 122 cm³/mol. The topological polar surface area (TPSA) is 37.3 Å². The summed E-state index contributed by atoms with van der Waals surface area (Å²) < 4.78 is 170. The lowest BCUT2D eigenvalue weighted by Gasteiger charge is -2.59. The molecule has 0 saturated carbocycles. The molecule has 220 valence electrons. The van der Waals surface area contributed by atoms with Crippen LogP contribution in [-0.4, -0.2) is 57.2 Å². The number of allylic oxidation sites excluding steroid dienone is 3. The van der Waals surface area contributed by atoms with Crippen molar-refractivity contribution in [1.82, 2.24) is 0 Å². The summed E-state index contributed by atoms with van der Waals surface area (Å²) in [5.74, 6) is -9.62. The van der Waals surface area contributed by atoms with Crippen LogP contribution in [0.1, 0.15) is 54.4 Å². The molecule has 0 rings (SSSR count). The standard InChI is InChI=1S/C25H31F11O2/c1-11-18(26,19(27,12-2)24(32,33)25(34,35)36)21(29,14(5)6)23(31,16(9)10)22(30,15(7)8)20(28,13(3)4)17(37)38/h3,5,7,9,11-12H2,1-2,4,6,8,10H3,(H,37,38). The van der Waals surface area contributed by atoms with Gasteiger partial charge in [-0.1, -0.05) is 40.2 Å². The molecule has 6 atom stereocenters. The highest BCUT2D eigenvalue weighted by Gasteiger charge is 2.89. The molecule has 0 aliphatic heterocycles. The highest BCUT2D eigenvalue weighted by Crippen LogP contribution is 2.67. The number of carboxylic acid groups (broad SMARTS) is 1. The van der Waals surface area contributed by atoms with Crippen LogP contribution in [0.5, 0.6) is 0 Å². The van der Waals surface area contributed by atoms with Crippen LogP contribution in [0.15, 0.2) is 48.6 Å². The maximum atomic E-state index is 17.3. The van der Waals surface area contributed by atoms with E-state index >= 15 is 26.3 Å². The Kier molecular flexibility index (Phi) is 9.39. The first-order chi connectivity index (χ1) is 16.6. The molecule has 6 unspecified atom stereocenters. The van der Waals surface area contributed by atoms with E-state index < -0.39 is 87.2 Å². The molecular formula is C25H31F11O2. The molecule has 0 aliphatic carbocycles. The second-order valence-electron chi connectivity index (χ2n) is 9.44. The normalized spacial score (nSPS) is 22.3. The average Bonchev–Trinajstić information content (AvgIpc) is 2.78. The van der Waals surface area contributed by atoms with Gasteiger partial charge in [0.15, 0.2) is 5.67 Å². The lowest BCUT2D eigenvalue weighted by Crippen LogP contribution is -2.81.